The van der Waals surface area contributed by atoms with Crippen LogP contribution in [0.5, 0.6) is 0 Å². The van der Waals surface area contributed by atoms with Gasteiger partial charge in [-0.05, 0) is 36.8 Å². The fraction of sp³-hybridized carbons (Fsp3) is 0.571. The number of fused-ring (bicyclic) bond motifs is 1. The van der Waals surface area contributed by atoms with Crippen molar-refractivity contribution in [1.82, 2.24) is 15.3 Å². The van der Waals surface area contributed by atoms with E-state index in [0.717, 1.165) is 0 Å². The van der Waals surface area contributed by atoms with Crippen LogP contribution >= 0.6 is 0 Å². The summed E-state index contributed by atoms with van der Waals surface area (Å²) < 4.78 is 0. The number of hydrogen-bond acceptors (Lipinski definition) is 5. The molecule has 158 valence electrons. The van der Waals surface area contributed by atoms with Crippen molar-refractivity contribution in [2.24, 2.45) is 5.41 Å². The van der Waals surface area contributed by atoms with Crippen molar-refractivity contribution in [2.75, 3.05) is 6.54 Å². The van der Waals surface area contributed by atoms with Gasteiger partial charge in [-0.3, -0.25) is 24.6 Å². The first-order chi connectivity index (χ1) is 13.7. The summed E-state index contributed by atoms with van der Waals surface area (Å²) in [7, 11) is 0. The number of carbonyl (C=O) groups excluding carboxylic acids is 3. The Kier molecular flexibility index (Phi) is 6.24. The molecule has 29 heavy (non-hydrogen) atoms. The molecule has 3 unspecified atom stereocenters. The second kappa shape index (κ2) is 8.51. The minimum atomic E-state index is -0.823. The van der Waals surface area contributed by atoms with Crippen molar-refractivity contribution in [3.8, 4) is 0 Å². The van der Waals surface area contributed by atoms with Crippen molar-refractivity contribution < 1.29 is 24.5 Å². The van der Waals surface area contributed by atoms with Crippen molar-refractivity contribution >= 4 is 17.7 Å². The fourth-order valence-electron chi connectivity index (χ4n) is 4.12. The van der Waals surface area contributed by atoms with Gasteiger partial charge in [-0.2, -0.15) is 0 Å². The van der Waals surface area contributed by atoms with Crippen LogP contribution < -0.4 is 5.32 Å². The number of rotatable bonds is 4. The van der Waals surface area contributed by atoms with Crippen LogP contribution in [0.3, 0.4) is 0 Å². The van der Waals surface area contributed by atoms with E-state index >= 15 is 0 Å². The van der Waals surface area contributed by atoms with Crippen molar-refractivity contribution in [1.29, 1.82) is 0 Å². The molecule has 0 aliphatic carbocycles. The van der Waals surface area contributed by atoms with Gasteiger partial charge in [-0.1, -0.05) is 39.0 Å². The van der Waals surface area contributed by atoms with Gasteiger partial charge in [-0.15, -0.1) is 0 Å². The molecule has 1 aromatic rings. The van der Waals surface area contributed by atoms with Crippen molar-refractivity contribution in [3.63, 3.8) is 0 Å². The molecule has 0 bridgehead atoms. The lowest BCUT2D eigenvalue weighted by Gasteiger charge is -2.48. The Bertz CT molecular complexity index is 761. The maximum Gasteiger partial charge on any atom is 0.264 e. The predicted octanol–water partition coefficient (Wildman–Crippen LogP) is 2.22. The Hall–Kier alpha value is -2.45. The fourth-order valence-corrected chi connectivity index (χ4v) is 4.12. The SMILES string of the molecule is CC(C)(C)C(OO)C1CCCN2C(=O)CCC(NC(=O)c3ccccc3)C(=O)N12. The Labute approximate surface area is 170 Å². The number of benzene rings is 1. The summed E-state index contributed by atoms with van der Waals surface area (Å²) >= 11 is 0. The molecule has 0 aromatic heterocycles. The van der Waals surface area contributed by atoms with E-state index in [4.69, 9.17) is 4.89 Å². The molecule has 3 amide bonds. The van der Waals surface area contributed by atoms with Gasteiger partial charge in [0.1, 0.15) is 12.1 Å². The summed E-state index contributed by atoms with van der Waals surface area (Å²) in [5.41, 5.74) is -0.00455. The van der Waals surface area contributed by atoms with Gasteiger partial charge < -0.3 is 5.32 Å². The molecule has 2 N–H and O–H groups in total. The van der Waals surface area contributed by atoms with Crippen LogP contribution in [0.25, 0.3) is 0 Å². The van der Waals surface area contributed by atoms with E-state index in [1.807, 2.05) is 26.8 Å². The Morgan fingerprint density at radius 1 is 1.21 bits per heavy atom. The average molecular weight is 403 g/mol. The quantitative estimate of drug-likeness (QED) is 0.593. The molecule has 3 rings (SSSR count). The van der Waals surface area contributed by atoms with Gasteiger partial charge in [-0.25, -0.2) is 9.90 Å². The maximum absolute atomic E-state index is 13.4. The molecular formula is C21H29N3O5. The number of nitrogens with zero attached hydrogens (tertiary/aromatic N) is 2. The standard InChI is InChI=1S/C21H29N3O5/c1-21(2,3)18(29-28)16-10-7-13-23-17(25)12-11-15(20(27)24(16)23)22-19(26)14-8-5-4-6-9-14/h4-6,8-9,15-16,18,28H,7,10-13H2,1-3H3,(H,22,26). The van der Waals surface area contributed by atoms with Crippen LogP contribution in [0, 0.1) is 5.41 Å². The lowest BCUT2D eigenvalue weighted by molar-refractivity contribution is -0.319. The van der Waals surface area contributed by atoms with Crippen molar-refractivity contribution in [3.05, 3.63) is 35.9 Å². The molecule has 2 aliphatic rings. The first kappa shape index (κ1) is 21.3. The van der Waals surface area contributed by atoms with E-state index in [9.17, 15) is 19.6 Å². The molecule has 8 heteroatoms. The number of amides is 3. The number of hydrogen-bond donors (Lipinski definition) is 2. The normalized spacial score (nSPS) is 24.0. The highest BCUT2D eigenvalue weighted by atomic mass is 17.1. The van der Waals surface area contributed by atoms with Gasteiger partial charge in [0.15, 0.2) is 0 Å². The van der Waals surface area contributed by atoms with Crippen LogP contribution in [0.1, 0.15) is 56.8 Å². The summed E-state index contributed by atoms with van der Waals surface area (Å²) in [5.74, 6) is -0.870. The largest absolute Gasteiger partial charge is 0.340 e. The van der Waals surface area contributed by atoms with Gasteiger partial charge in [0.25, 0.3) is 11.8 Å². The molecule has 0 saturated carbocycles. The lowest BCUT2D eigenvalue weighted by atomic mass is 9.82. The van der Waals surface area contributed by atoms with Gasteiger partial charge in [0.05, 0.1) is 6.04 Å². The molecule has 0 spiro atoms. The molecule has 1 aromatic carbocycles. The van der Waals surface area contributed by atoms with E-state index in [-0.39, 0.29) is 30.6 Å². The van der Waals surface area contributed by atoms with Crippen LogP contribution in [0.15, 0.2) is 30.3 Å². The molecule has 2 fully saturated rings. The highest BCUT2D eigenvalue weighted by Gasteiger charge is 2.47. The number of nitrogens with one attached hydrogen (secondary N) is 1. The van der Waals surface area contributed by atoms with Crippen LogP contribution in [0.4, 0.5) is 0 Å². The van der Waals surface area contributed by atoms with Gasteiger partial charge >= 0.3 is 0 Å². The molecular weight excluding hydrogens is 374 g/mol. The third-order valence-electron chi connectivity index (χ3n) is 5.56. The highest BCUT2D eigenvalue weighted by molar-refractivity contribution is 5.98. The molecule has 8 nitrogen and oxygen atoms in total. The second-order valence-corrected chi connectivity index (χ2v) is 8.73. The zero-order chi connectivity index (χ0) is 21.2. The van der Waals surface area contributed by atoms with Gasteiger partial charge in [0.2, 0.25) is 5.91 Å². The lowest BCUT2D eigenvalue weighted by Crippen LogP contribution is -2.64. The first-order valence-electron chi connectivity index (χ1n) is 10.0. The third-order valence-corrected chi connectivity index (χ3v) is 5.56. The van der Waals surface area contributed by atoms with Crippen LogP contribution in [-0.4, -0.2) is 57.7 Å². The Morgan fingerprint density at radius 2 is 1.90 bits per heavy atom. The Morgan fingerprint density at radius 3 is 2.52 bits per heavy atom. The molecule has 2 saturated heterocycles. The van der Waals surface area contributed by atoms with E-state index in [1.54, 1.807) is 24.3 Å². The highest BCUT2D eigenvalue weighted by Crippen LogP contribution is 2.34. The predicted molar refractivity (Wildman–Crippen MR) is 105 cm³/mol. The smallest absolute Gasteiger partial charge is 0.264 e. The first-order valence-corrected chi connectivity index (χ1v) is 10.0. The maximum atomic E-state index is 13.4. The molecule has 2 heterocycles. The Balaban J connectivity index is 1.88. The summed E-state index contributed by atoms with van der Waals surface area (Å²) in [6.45, 7) is 6.16. The molecule has 0 radical (unpaired) electrons. The minimum Gasteiger partial charge on any atom is -0.340 e. The van der Waals surface area contributed by atoms with Crippen LogP contribution in [0.2, 0.25) is 0 Å². The van der Waals surface area contributed by atoms with Crippen LogP contribution in [-0.2, 0) is 14.5 Å². The summed E-state index contributed by atoms with van der Waals surface area (Å²) in [6.07, 6.45) is 1.02. The zero-order valence-electron chi connectivity index (χ0n) is 17.1. The number of carbonyl (C=O) groups is 3. The van der Waals surface area contributed by atoms with E-state index < -0.39 is 23.6 Å². The van der Waals surface area contributed by atoms with E-state index in [2.05, 4.69) is 5.32 Å². The second-order valence-electron chi connectivity index (χ2n) is 8.73. The number of hydrazine groups is 1. The molecule has 2 aliphatic heterocycles. The summed E-state index contributed by atoms with van der Waals surface area (Å²) in [4.78, 5) is 43.5. The topological polar surface area (TPSA) is 99.2 Å². The van der Waals surface area contributed by atoms with E-state index in [0.29, 0.717) is 24.9 Å². The van der Waals surface area contributed by atoms with E-state index in [1.165, 1.54) is 10.0 Å². The third kappa shape index (κ3) is 4.43. The summed E-state index contributed by atoms with van der Waals surface area (Å²) in [5, 5.41) is 15.2. The zero-order valence-corrected chi connectivity index (χ0v) is 17.1. The summed E-state index contributed by atoms with van der Waals surface area (Å²) in [6, 6.07) is 7.34. The monoisotopic (exact) mass is 403 g/mol. The molecule has 3 atom stereocenters. The minimum absolute atomic E-state index is 0.162. The average Bonchev–Trinajstić information content (AvgIpc) is 2.81. The van der Waals surface area contributed by atoms with Gasteiger partial charge in [0, 0.05) is 18.5 Å². The van der Waals surface area contributed by atoms with Crippen molar-refractivity contribution in [2.45, 2.75) is 64.6 Å².